The lowest BCUT2D eigenvalue weighted by atomic mass is 10.1. The van der Waals surface area contributed by atoms with E-state index in [0.717, 1.165) is 0 Å². The van der Waals surface area contributed by atoms with E-state index in [-0.39, 0.29) is 37.0 Å². The molecular weight excluding hydrogens is 443 g/mol. The van der Waals surface area contributed by atoms with Crippen molar-refractivity contribution in [3.63, 3.8) is 0 Å². The van der Waals surface area contributed by atoms with Crippen molar-refractivity contribution < 1.29 is 23.8 Å². The van der Waals surface area contributed by atoms with Gasteiger partial charge < -0.3 is 19.5 Å². The first-order chi connectivity index (χ1) is 15.0. The molecular formula is C22H20Cl2N2O5. The number of rotatable bonds is 9. The molecule has 1 heterocycles. The molecule has 0 fully saturated rings. The minimum atomic E-state index is -0.529. The van der Waals surface area contributed by atoms with Crippen molar-refractivity contribution in [2.75, 3.05) is 31.7 Å². The smallest absolute Gasteiger partial charge is 0.344 e. The number of fused-ring (bicyclic) bond motifs is 1. The first kappa shape index (κ1) is 22.7. The summed E-state index contributed by atoms with van der Waals surface area (Å²) in [7, 11) is 0. The molecule has 1 N–H and O–H groups in total. The molecule has 0 atom stereocenters. The Labute approximate surface area is 189 Å². The number of hydrogen-bond acceptors (Lipinski definition) is 7. The van der Waals surface area contributed by atoms with Gasteiger partial charge in [-0.05, 0) is 31.2 Å². The molecule has 3 aromatic rings. The van der Waals surface area contributed by atoms with Crippen LogP contribution in [0.1, 0.15) is 17.3 Å². The van der Waals surface area contributed by atoms with Gasteiger partial charge in [0.15, 0.2) is 6.61 Å². The fourth-order valence-electron chi connectivity index (χ4n) is 2.80. The number of carbonyl (C=O) groups excluding carboxylic acids is 2. The van der Waals surface area contributed by atoms with Crippen LogP contribution in [0.5, 0.6) is 5.75 Å². The Morgan fingerprint density at radius 1 is 1.06 bits per heavy atom. The zero-order chi connectivity index (χ0) is 22.2. The number of nitrogens with one attached hydrogen (secondary N) is 1. The second-order valence-corrected chi connectivity index (χ2v) is 7.06. The summed E-state index contributed by atoms with van der Waals surface area (Å²) in [6.07, 6.45) is 1.38. The first-order valence-corrected chi connectivity index (χ1v) is 10.3. The number of pyridine rings is 1. The zero-order valence-electron chi connectivity index (χ0n) is 16.7. The summed E-state index contributed by atoms with van der Waals surface area (Å²) in [4.78, 5) is 28.5. The molecule has 0 saturated heterocycles. The minimum Gasteiger partial charge on any atom is -0.482 e. The Kier molecular flexibility index (Phi) is 7.92. The maximum Gasteiger partial charge on any atom is 0.344 e. The summed E-state index contributed by atoms with van der Waals surface area (Å²) in [6.45, 7) is 2.03. The lowest BCUT2D eigenvalue weighted by molar-refractivity contribution is -0.145. The van der Waals surface area contributed by atoms with Crippen molar-refractivity contribution in [1.29, 1.82) is 0 Å². The van der Waals surface area contributed by atoms with E-state index in [1.54, 1.807) is 31.2 Å². The number of anilines is 1. The van der Waals surface area contributed by atoms with Gasteiger partial charge in [0.1, 0.15) is 17.9 Å². The van der Waals surface area contributed by atoms with Gasteiger partial charge in [-0.25, -0.2) is 9.59 Å². The van der Waals surface area contributed by atoms with Crippen molar-refractivity contribution in [2.45, 2.75) is 6.92 Å². The summed E-state index contributed by atoms with van der Waals surface area (Å²) in [5.74, 6) is -0.458. The highest BCUT2D eigenvalue weighted by atomic mass is 35.5. The Morgan fingerprint density at radius 3 is 2.58 bits per heavy atom. The van der Waals surface area contributed by atoms with Gasteiger partial charge in [0.25, 0.3) is 0 Å². The van der Waals surface area contributed by atoms with Crippen molar-refractivity contribution in [2.24, 2.45) is 0 Å². The molecule has 1 aromatic heterocycles. The number of hydrogen-bond donors (Lipinski definition) is 1. The number of ether oxygens (including phenoxy) is 3. The first-order valence-electron chi connectivity index (χ1n) is 9.52. The van der Waals surface area contributed by atoms with Gasteiger partial charge in [-0.2, -0.15) is 0 Å². The van der Waals surface area contributed by atoms with Gasteiger partial charge in [-0.3, -0.25) is 4.98 Å². The van der Waals surface area contributed by atoms with E-state index in [9.17, 15) is 9.59 Å². The molecule has 9 heteroatoms. The van der Waals surface area contributed by atoms with Crippen LogP contribution in [0.2, 0.25) is 10.0 Å². The number of esters is 2. The van der Waals surface area contributed by atoms with Crippen LogP contribution in [0.4, 0.5) is 5.69 Å². The number of nitrogens with zero attached hydrogens (tertiary/aromatic N) is 1. The van der Waals surface area contributed by atoms with Gasteiger partial charge >= 0.3 is 11.9 Å². The van der Waals surface area contributed by atoms with E-state index in [1.165, 1.54) is 6.20 Å². The Hall–Kier alpha value is -3.03. The van der Waals surface area contributed by atoms with Crippen LogP contribution in [0.3, 0.4) is 0 Å². The molecule has 0 aliphatic rings. The summed E-state index contributed by atoms with van der Waals surface area (Å²) in [5.41, 5.74) is 1.16. The van der Waals surface area contributed by atoms with Crippen LogP contribution in [0.15, 0.2) is 48.7 Å². The summed E-state index contributed by atoms with van der Waals surface area (Å²) in [5, 5.41) is 4.34. The average Bonchev–Trinajstić information content (AvgIpc) is 2.78. The van der Waals surface area contributed by atoms with Crippen molar-refractivity contribution in [3.8, 4) is 5.75 Å². The number of aromatic nitrogens is 1. The molecule has 2 aromatic carbocycles. The summed E-state index contributed by atoms with van der Waals surface area (Å²) in [6, 6.07) is 12.3. The standard InChI is InChI=1S/C22H20Cl2N2O5/c1-2-29-22(28)16-12-26-21-15(8-9-17(23)19(21)24)20(16)25-10-11-30-18(27)13-31-14-6-4-3-5-7-14/h3-9,12H,2,10-11,13H2,1H3,(H,25,26). The van der Waals surface area contributed by atoms with Crippen LogP contribution in [0, 0.1) is 0 Å². The van der Waals surface area contributed by atoms with Crippen LogP contribution in [-0.2, 0) is 14.3 Å². The normalized spacial score (nSPS) is 10.5. The fourth-order valence-corrected chi connectivity index (χ4v) is 3.17. The largest absolute Gasteiger partial charge is 0.482 e. The maximum absolute atomic E-state index is 12.4. The Morgan fingerprint density at radius 2 is 1.84 bits per heavy atom. The molecule has 0 spiro atoms. The average molecular weight is 463 g/mol. The predicted octanol–water partition coefficient (Wildman–Crippen LogP) is 4.75. The topological polar surface area (TPSA) is 86.8 Å². The van der Waals surface area contributed by atoms with E-state index in [1.807, 2.05) is 18.2 Å². The van der Waals surface area contributed by atoms with E-state index in [2.05, 4.69) is 10.3 Å². The lowest BCUT2D eigenvalue weighted by Gasteiger charge is -2.15. The fraction of sp³-hybridized carbons (Fsp3) is 0.227. The summed E-state index contributed by atoms with van der Waals surface area (Å²) < 4.78 is 15.6. The third-order valence-electron chi connectivity index (χ3n) is 4.19. The number of para-hydroxylation sites is 1. The molecule has 0 aliphatic heterocycles. The molecule has 0 radical (unpaired) electrons. The molecule has 0 bridgehead atoms. The van der Waals surface area contributed by atoms with Gasteiger partial charge in [-0.15, -0.1) is 0 Å². The van der Waals surface area contributed by atoms with Crippen LogP contribution < -0.4 is 10.1 Å². The third kappa shape index (κ3) is 5.77. The lowest BCUT2D eigenvalue weighted by Crippen LogP contribution is -2.20. The second-order valence-electron chi connectivity index (χ2n) is 6.27. The Bertz CT molecular complexity index is 1080. The van der Waals surface area contributed by atoms with Crippen LogP contribution in [-0.4, -0.2) is 43.3 Å². The number of halogens is 2. The van der Waals surface area contributed by atoms with E-state index < -0.39 is 11.9 Å². The van der Waals surface area contributed by atoms with Crippen LogP contribution >= 0.6 is 23.2 Å². The SMILES string of the molecule is CCOC(=O)c1cnc2c(Cl)c(Cl)ccc2c1NCCOC(=O)COc1ccccc1. The predicted molar refractivity (Wildman–Crippen MR) is 119 cm³/mol. The third-order valence-corrected chi connectivity index (χ3v) is 4.99. The monoisotopic (exact) mass is 462 g/mol. The maximum atomic E-state index is 12.4. The molecule has 0 saturated carbocycles. The van der Waals surface area contributed by atoms with E-state index in [0.29, 0.717) is 27.4 Å². The van der Waals surface area contributed by atoms with E-state index >= 15 is 0 Å². The molecule has 31 heavy (non-hydrogen) atoms. The number of carbonyl (C=O) groups is 2. The molecule has 162 valence electrons. The molecule has 3 rings (SSSR count). The molecule has 0 amide bonds. The minimum absolute atomic E-state index is 0.0599. The van der Waals surface area contributed by atoms with Crippen molar-refractivity contribution >= 4 is 51.7 Å². The molecule has 7 nitrogen and oxygen atoms in total. The summed E-state index contributed by atoms with van der Waals surface area (Å²) >= 11 is 12.3. The number of benzene rings is 2. The highest BCUT2D eigenvalue weighted by Gasteiger charge is 2.18. The van der Waals surface area contributed by atoms with Gasteiger partial charge in [0, 0.05) is 18.1 Å². The highest BCUT2D eigenvalue weighted by molar-refractivity contribution is 6.45. The quantitative estimate of drug-likeness (QED) is 0.362. The van der Waals surface area contributed by atoms with Crippen LogP contribution in [0.25, 0.3) is 10.9 Å². The van der Waals surface area contributed by atoms with Gasteiger partial charge in [0.05, 0.1) is 27.9 Å². The van der Waals surface area contributed by atoms with Crippen molar-refractivity contribution in [1.82, 2.24) is 4.98 Å². The highest BCUT2D eigenvalue weighted by Crippen LogP contribution is 2.34. The zero-order valence-corrected chi connectivity index (χ0v) is 18.2. The van der Waals surface area contributed by atoms with Crippen molar-refractivity contribution in [3.05, 3.63) is 64.3 Å². The Balaban J connectivity index is 1.66. The molecule has 0 aliphatic carbocycles. The van der Waals surface area contributed by atoms with Gasteiger partial charge in [0.2, 0.25) is 0 Å². The molecule has 0 unspecified atom stereocenters. The van der Waals surface area contributed by atoms with Gasteiger partial charge in [-0.1, -0.05) is 41.4 Å². The van der Waals surface area contributed by atoms with E-state index in [4.69, 9.17) is 37.4 Å². The second kappa shape index (κ2) is 10.8.